The van der Waals surface area contributed by atoms with Crippen molar-refractivity contribution in [2.24, 2.45) is 0 Å². The van der Waals surface area contributed by atoms with E-state index in [0.29, 0.717) is 17.7 Å². The zero-order valence-corrected chi connectivity index (χ0v) is 15.5. The highest BCUT2D eigenvalue weighted by Gasteiger charge is 2.33. The van der Waals surface area contributed by atoms with E-state index < -0.39 is 0 Å². The molecule has 1 aliphatic heterocycles. The maximum atomic E-state index is 9.66. The molecule has 1 aromatic rings. The van der Waals surface area contributed by atoms with Gasteiger partial charge in [-0.1, -0.05) is 0 Å². The van der Waals surface area contributed by atoms with Gasteiger partial charge in [0.25, 0.3) is 0 Å². The number of anilines is 2. The maximum absolute atomic E-state index is 9.66. The molecule has 1 saturated heterocycles. The van der Waals surface area contributed by atoms with Gasteiger partial charge in [-0.15, -0.1) is 0 Å². The van der Waals surface area contributed by atoms with Crippen LogP contribution in [0.15, 0.2) is 18.2 Å². The Balaban J connectivity index is 1.58. The highest BCUT2D eigenvalue weighted by Crippen LogP contribution is 2.32. The molecule has 136 valence electrons. The molecule has 1 aliphatic carbocycles. The molecule has 0 atom stereocenters. The second-order valence-corrected chi connectivity index (χ2v) is 8.23. The molecule has 0 unspecified atom stereocenters. The van der Waals surface area contributed by atoms with E-state index in [0.717, 1.165) is 50.1 Å². The lowest BCUT2D eigenvalue weighted by atomic mass is 9.88. The van der Waals surface area contributed by atoms with E-state index >= 15 is 0 Å². The predicted molar refractivity (Wildman–Crippen MR) is 99.9 cm³/mol. The van der Waals surface area contributed by atoms with Gasteiger partial charge >= 0.3 is 0 Å². The Kier molecular flexibility index (Phi) is 5.21. The molecule has 2 aliphatic rings. The van der Waals surface area contributed by atoms with Gasteiger partial charge in [-0.05, 0) is 64.7 Å². The highest BCUT2D eigenvalue weighted by molar-refractivity contribution is 5.66. The molecule has 1 aromatic carbocycles. The van der Waals surface area contributed by atoms with Gasteiger partial charge in [0.05, 0.1) is 29.1 Å². The normalized spacial score (nSPS) is 24.5. The summed E-state index contributed by atoms with van der Waals surface area (Å²) in [6.07, 6.45) is 3.66. The predicted octanol–water partition coefficient (Wildman–Crippen LogP) is 3.28. The number of piperidine rings is 1. The van der Waals surface area contributed by atoms with Crippen LogP contribution >= 0.6 is 0 Å². The van der Waals surface area contributed by atoms with E-state index in [1.807, 2.05) is 12.1 Å². The minimum absolute atomic E-state index is 0.0900. The fraction of sp³-hybridized carbons (Fsp3) is 0.650. The average Bonchev–Trinajstić information content (AvgIpc) is 2.52. The number of rotatable bonds is 4. The number of aliphatic hydroxyl groups excluding tert-OH is 1. The minimum Gasteiger partial charge on any atom is -0.393 e. The largest absolute Gasteiger partial charge is 0.393 e. The lowest BCUT2D eigenvalue weighted by Gasteiger charge is -2.40. The second-order valence-electron chi connectivity index (χ2n) is 8.23. The van der Waals surface area contributed by atoms with Gasteiger partial charge in [0.15, 0.2) is 0 Å². The molecule has 0 amide bonds. The Morgan fingerprint density at radius 2 is 1.92 bits per heavy atom. The number of hydrogen-bond donors (Lipinski definition) is 2. The molecule has 1 saturated carbocycles. The summed E-state index contributed by atoms with van der Waals surface area (Å²) >= 11 is 0. The molecule has 2 fully saturated rings. The number of ether oxygens (including phenoxy) is 1. The first-order chi connectivity index (χ1) is 11.8. The highest BCUT2D eigenvalue weighted by atomic mass is 16.5. The first kappa shape index (κ1) is 18.0. The van der Waals surface area contributed by atoms with Gasteiger partial charge < -0.3 is 20.1 Å². The minimum atomic E-state index is -0.204. The smallest absolute Gasteiger partial charge is 0.101 e. The van der Waals surface area contributed by atoms with Crippen LogP contribution in [0.1, 0.15) is 52.0 Å². The first-order valence-electron chi connectivity index (χ1n) is 9.25. The molecule has 2 N–H and O–H groups in total. The fourth-order valence-electron chi connectivity index (χ4n) is 3.61. The van der Waals surface area contributed by atoms with Gasteiger partial charge in [-0.3, -0.25) is 0 Å². The summed E-state index contributed by atoms with van der Waals surface area (Å²) in [5, 5.41) is 22.7. The van der Waals surface area contributed by atoms with Crippen LogP contribution in [0.5, 0.6) is 0 Å². The van der Waals surface area contributed by atoms with Crippen molar-refractivity contribution in [1.82, 2.24) is 0 Å². The van der Waals surface area contributed by atoms with Crippen LogP contribution in [-0.4, -0.2) is 42.0 Å². The number of aliphatic hydroxyl groups is 1. The van der Waals surface area contributed by atoms with E-state index in [4.69, 9.17) is 4.74 Å². The molecular formula is C20H29N3O2. The van der Waals surface area contributed by atoms with Crippen molar-refractivity contribution < 1.29 is 9.84 Å². The first-order valence-corrected chi connectivity index (χ1v) is 9.25. The van der Waals surface area contributed by atoms with Crippen LogP contribution in [0.4, 0.5) is 11.4 Å². The summed E-state index contributed by atoms with van der Waals surface area (Å²) in [5.74, 6) is 0. The molecule has 0 aromatic heterocycles. The molecule has 0 spiro atoms. The van der Waals surface area contributed by atoms with Gasteiger partial charge in [0, 0.05) is 24.8 Å². The zero-order chi connectivity index (χ0) is 18.0. The van der Waals surface area contributed by atoms with Crippen LogP contribution in [0.2, 0.25) is 0 Å². The van der Waals surface area contributed by atoms with Crippen molar-refractivity contribution in [3.8, 4) is 6.07 Å². The quantitative estimate of drug-likeness (QED) is 0.878. The molecule has 5 nitrogen and oxygen atoms in total. The summed E-state index contributed by atoms with van der Waals surface area (Å²) in [5.41, 5.74) is 2.58. The Hall–Kier alpha value is -1.77. The van der Waals surface area contributed by atoms with Crippen molar-refractivity contribution in [2.75, 3.05) is 23.3 Å². The van der Waals surface area contributed by atoms with E-state index in [9.17, 15) is 10.4 Å². The third-order valence-corrected chi connectivity index (χ3v) is 4.91. The average molecular weight is 343 g/mol. The maximum Gasteiger partial charge on any atom is 0.101 e. The second kappa shape index (κ2) is 7.23. The van der Waals surface area contributed by atoms with Gasteiger partial charge in [0.2, 0.25) is 0 Å². The molecule has 25 heavy (non-hydrogen) atoms. The van der Waals surface area contributed by atoms with E-state index in [2.05, 4.69) is 43.1 Å². The lowest BCUT2D eigenvalue weighted by Crippen LogP contribution is -2.44. The van der Waals surface area contributed by atoms with Gasteiger partial charge in [0.1, 0.15) is 6.07 Å². The van der Waals surface area contributed by atoms with E-state index in [1.54, 1.807) is 0 Å². The summed E-state index contributed by atoms with van der Waals surface area (Å²) in [6.45, 7) is 7.87. The van der Waals surface area contributed by atoms with Crippen LogP contribution in [-0.2, 0) is 4.74 Å². The van der Waals surface area contributed by atoms with Crippen molar-refractivity contribution in [1.29, 1.82) is 5.26 Å². The SMILES string of the molecule is CC(C)(C)OC1CC(Nc2ccc(N3CCC(O)CC3)c(C#N)c2)C1. The topological polar surface area (TPSA) is 68.5 Å². The van der Waals surface area contributed by atoms with E-state index in [1.165, 1.54) is 0 Å². The van der Waals surface area contributed by atoms with Crippen LogP contribution in [0, 0.1) is 11.3 Å². The monoisotopic (exact) mass is 343 g/mol. The van der Waals surface area contributed by atoms with Crippen molar-refractivity contribution in [3.05, 3.63) is 23.8 Å². The van der Waals surface area contributed by atoms with Crippen molar-refractivity contribution in [3.63, 3.8) is 0 Å². The van der Waals surface area contributed by atoms with Gasteiger partial charge in [-0.25, -0.2) is 0 Å². The Morgan fingerprint density at radius 3 is 2.52 bits per heavy atom. The Morgan fingerprint density at radius 1 is 1.24 bits per heavy atom. The molecule has 1 heterocycles. The third kappa shape index (κ3) is 4.65. The molecule has 0 bridgehead atoms. The number of nitrogens with zero attached hydrogens (tertiary/aromatic N) is 2. The molecule has 3 rings (SSSR count). The number of hydrogen-bond acceptors (Lipinski definition) is 5. The van der Waals surface area contributed by atoms with Crippen LogP contribution in [0.3, 0.4) is 0 Å². The summed E-state index contributed by atoms with van der Waals surface area (Å²) in [6, 6.07) is 8.76. The molecule has 5 heteroatoms. The van der Waals surface area contributed by atoms with Crippen molar-refractivity contribution in [2.45, 2.75) is 70.3 Å². The lowest BCUT2D eigenvalue weighted by molar-refractivity contribution is -0.0953. The molecular weight excluding hydrogens is 314 g/mol. The molecule has 0 radical (unpaired) electrons. The third-order valence-electron chi connectivity index (χ3n) is 4.91. The summed E-state index contributed by atoms with van der Waals surface area (Å²) in [4.78, 5) is 2.20. The van der Waals surface area contributed by atoms with Crippen LogP contribution < -0.4 is 10.2 Å². The number of nitriles is 1. The number of benzene rings is 1. The summed E-state index contributed by atoms with van der Waals surface area (Å²) in [7, 11) is 0. The fourth-order valence-corrected chi connectivity index (χ4v) is 3.61. The number of nitrogens with one attached hydrogen (secondary N) is 1. The Labute approximate surface area is 150 Å². The zero-order valence-electron chi connectivity index (χ0n) is 15.5. The van der Waals surface area contributed by atoms with E-state index in [-0.39, 0.29) is 11.7 Å². The van der Waals surface area contributed by atoms with Crippen molar-refractivity contribution >= 4 is 11.4 Å². The standard InChI is InChI=1S/C20H29N3O2/c1-20(2,3)25-18-11-16(12-18)22-15-4-5-19(14(10-15)13-21)23-8-6-17(24)7-9-23/h4-5,10,16-18,22,24H,6-9,11-12H2,1-3H3. The summed E-state index contributed by atoms with van der Waals surface area (Å²) < 4.78 is 5.97. The van der Waals surface area contributed by atoms with Gasteiger partial charge in [-0.2, -0.15) is 5.26 Å². The van der Waals surface area contributed by atoms with Crippen LogP contribution in [0.25, 0.3) is 0 Å². The Bertz CT molecular complexity index is 633.